The molecule has 0 fully saturated rings. The highest BCUT2D eigenvalue weighted by atomic mass is 15.1. The van der Waals surface area contributed by atoms with E-state index in [0.29, 0.717) is 0 Å². The lowest BCUT2D eigenvalue weighted by Gasteiger charge is -2.14. The Kier molecular flexibility index (Phi) is 2.58. The number of hydrogen-bond acceptors (Lipinski definition) is 1. The molecule has 16 heavy (non-hydrogen) atoms. The van der Waals surface area contributed by atoms with Gasteiger partial charge in [0.1, 0.15) is 5.82 Å². The molecule has 0 bridgehead atoms. The first kappa shape index (κ1) is 10.9. The van der Waals surface area contributed by atoms with Crippen molar-refractivity contribution in [3.8, 4) is 5.69 Å². The predicted octanol–water partition coefficient (Wildman–Crippen LogP) is 3.48. The first-order valence-electron chi connectivity index (χ1n) is 5.60. The highest BCUT2D eigenvalue weighted by Crippen LogP contribution is 2.22. The molecule has 1 aromatic heterocycles. The third-order valence-corrected chi connectivity index (χ3v) is 2.69. The van der Waals surface area contributed by atoms with Gasteiger partial charge in [0.25, 0.3) is 0 Å². The molecule has 0 atom stereocenters. The summed E-state index contributed by atoms with van der Waals surface area (Å²) < 4.78 is 2.14. The second-order valence-corrected chi connectivity index (χ2v) is 5.13. The van der Waals surface area contributed by atoms with Crippen molar-refractivity contribution in [2.24, 2.45) is 0 Å². The minimum atomic E-state index is 0.102. The number of para-hydroxylation sites is 1. The Bertz CT molecular complexity index is 475. The van der Waals surface area contributed by atoms with Gasteiger partial charge in [0.2, 0.25) is 0 Å². The molecule has 0 aliphatic heterocycles. The van der Waals surface area contributed by atoms with Crippen LogP contribution in [-0.2, 0) is 5.41 Å². The molecule has 2 rings (SSSR count). The minimum Gasteiger partial charge on any atom is -0.304 e. The van der Waals surface area contributed by atoms with Gasteiger partial charge in [-0.15, -0.1) is 0 Å². The molecule has 0 unspecified atom stereocenters. The molecule has 2 heteroatoms. The van der Waals surface area contributed by atoms with Crippen molar-refractivity contribution in [3.05, 3.63) is 48.0 Å². The Labute approximate surface area is 97.0 Å². The van der Waals surface area contributed by atoms with Crippen LogP contribution in [0.4, 0.5) is 0 Å². The van der Waals surface area contributed by atoms with Crippen LogP contribution in [0.5, 0.6) is 0 Å². The zero-order valence-corrected chi connectivity index (χ0v) is 10.4. The Balaban J connectivity index is 2.48. The molecule has 0 spiro atoms. The summed E-state index contributed by atoms with van der Waals surface area (Å²) in [5, 5.41) is 0. The van der Waals surface area contributed by atoms with Gasteiger partial charge in [-0.3, -0.25) is 0 Å². The van der Waals surface area contributed by atoms with E-state index >= 15 is 0 Å². The molecule has 0 amide bonds. The number of rotatable bonds is 1. The minimum absolute atomic E-state index is 0.102. The van der Waals surface area contributed by atoms with Crippen molar-refractivity contribution in [3.63, 3.8) is 0 Å². The molecular weight excluding hydrogens is 196 g/mol. The van der Waals surface area contributed by atoms with E-state index in [9.17, 15) is 0 Å². The Hall–Kier alpha value is -1.57. The number of benzene rings is 1. The average molecular weight is 214 g/mol. The van der Waals surface area contributed by atoms with Crippen LogP contribution in [0.15, 0.2) is 36.5 Å². The molecule has 1 heterocycles. The van der Waals surface area contributed by atoms with Crippen LogP contribution in [0.25, 0.3) is 5.69 Å². The lowest BCUT2D eigenvalue weighted by Crippen LogP contribution is -2.11. The summed E-state index contributed by atoms with van der Waals surface area (Å²) in [6, 6.07) is 10.3. The number of hydrogen-bond donors (Lipinski definition) is 0. The fourth-order valence-electron chi connectivity index (χ4n) is 1.68. The standard InChI is InChI=1S/C14H18N2/c1-11-15-13(14(2,3)4)10-16(11)12-8-6-5-7-9-12/h5-10H,1-4H3. The molecule has 0 N–H and O–H groups in total. The maximum absolute atomic E-state index is 4.62. The lowest BCUT2D eigenvalue weighted by atomic mass is 9.93. The van der Waals surface area contributed by atoms with Crippen LogP contribution in [0.3, 0.4) is 0 Å². The largest absolute Gasteiger partial charge is 0.304 e. The maximum Gasteiger partial charge on any atom is 0.110 e. The van der Waals surface area contributed by atoms with E-state index in [4.69, 9.17) is 0 Å². The lowest BCUT2D eigenvalue weighted by molar-refractivity contribution is 0.571. The Morgan fingerprint density at radius 1 is 1.06 bits per heavy atom. The van der Waals surface area contributed by atoms with Crippen LogP contribution in [0.1, 0.15) is 32.3 Å². The zero-order chi connectivity index (χ0) is 11.8. The summed E-state index contributed by atoms with van der Waals surface area (Å²) in [5.74, 6) is 1.04. The summed E-state index contributed by atoms with van der Waals surface area (Å²) in [5.41, 5.74) is 2.40. The van der Waals surface area contributed by atoms with Crippen molar-refractivity contribution in [1.82, 2.24) is 9.55 Å². The van der Waals surface area contributed by atoms with Gasteiger partial charge >= 0.3 is 0 Å². The quantitative estimate of drug-likeness (QED) is 0.710. The molecule has 0 saturated heterocycles. The summed E-state index contributed by atoms with van der Waals surface area (Å²) in [4.78, 5) is 4.62. The van der Waals surface area contributed by atoms with Gasteiger partial charge in [0.15, 0.2) is 0 Å². The summed E-state index contributed by atoms with van der Waals surface area (Å²) in [7, 11) is 0. The third kappa shape index (κ3) is 2.01. The van der Waals surface area contributed by atoms with E-state index in [-0.39, 0.29) is 5.41 Å². The molecular formula is C14H18N2. The fraction of sp³-hybridized carbons (Fsp3) is 0.357. The molecule has 0 aliphatic rings. The van der Waals surface area contributed by atoms with E-state index < -0.39 is 0 Å². The number of imidazole rings is 1. The van der Waals surface area contributed by atoms with Crippen LogP contribution in [0.2, 0.25) is 0 Å². The second kappa shape index (κ2) is 3.78. The number of aromatic nitrogens is 2. The average Bonchev–Trinajstić information content (AvgIpc) is 2.61. The van der Waals surface area contributed by atoms with Crippen molar-refractivity contribution in [2.45, 2.75) is 33.1 Å². The van der Waals surface area contributed by atoms with Gasteiger partial charge in [-0.1, -0.05) is 39.0 Å². The maximum atomic E-state index is 4.62. The van der Waals surface area contributed by atoms with E-state index in [1.54, 1.807) is 0 Å². The van der Waals surface area contributed by atoms with E-state index in [1.807, 2.05) is 25.1 Å². The first-order valence-corrected chi connectivity index (χ1v) is 5.60. The molecule has 1 aromatic carbocycles. The van der Waals surface area contributed by atoms with Crippen molar-refractivity contribution < 1.29 is 0 Å². The number of aryl methyl sites for hydroxylation is 1. The second-order valence-electron chi connectivity index (χ2n) is 5.13. The van der Waals surface area contributed by atoms with Gasteiger partial charge in [-0.2, -0.15) is 0 Å². The van der Waals surface area contributed by atoms with Crippen LogP contribution < -0.4 is 0 Å². The summed E-state index contributed by atoms with van der Waals surface area (Å²) in [6.45, 7) is 8.60. The Morgan fingerprint density at radius 3 is 2.19 bits per heavy atom. The van der Waals surface area contributed by atoms with Gasteiger partial charge < -0.3 is 4.57 Å². The van der Waals surface area contributed by atoms with Crippen molar-refractivity contribution in [2.75, 3.05) is 0 Å². The number of nitrogens with zero attached hydrogens (tertiary/aromatic N) is 2. The molecule has 2 aromatic rings. The highest BCUT2D eigenvalue weighted by Gasteiger charge is 2.18. The third-order valence-electron chi connectivity index (χ3n) is 2.69. The SMILES string of the molecule is Cc1nc(C(C)(C)C)cn1-c1ccccc1. The predicted molar refractivity (Wildman–Crippen MR) is 67.0 cm³/mol. The van der Waals surface area contributed by atoms with Gasteiger partial charge in [0, 0.05) is 17.3 Å². The van der Waals surface area contributed by atoms with Crippen molar-refractivity contribution >= 4 is 0 Å². The van der Waals surface area contributed by atoms with E-state index in [0.717, 1.165) is 11.5 Å². The van der Waals surface area contributed by atoms with E-state index in [1.165, 1.54) is 5.69 Å². The topological polar surface area (TPSA) is 17.8 Å². The molecule has 0 aliphatic carbocycles. The van der Waals surface area contributed by atoms with Crippen molar-refractivity contribution in [1.29, 1.82) is 0 Å². The summed E-state index contributed by atoms with van der Waals surface area (Å²) >= 11 is 0. The summed E-state index contributed by atoms with van der Waals surface area (Å²) in [6.07, 6.45) is 2.13. The normalized spacial score (nSPS) is 11.8. The molecule has 0 saturated carbocycles. The highest BCUT2D eigenvalue weighted by molar-refractivity contribution is 5.34. The molecule has 2 nitrogen and oxygen atoms in total. The molecule has 84 valence electrons. The van der Waals surface area contributed by atoms with Crippen LogP contribution in [0, 0.1) is 6.92 Å². The van der Waals surface area contributed by atoms with Gasteiger partial charge in [-0.25, -0.2) is 4.98 Å². The van der Waals surface area contributed by atoms with Gasteiger partial charge in [0.05, 0.1) is 5.69 Å². The van der Waals surface area contributed by atoms with Crippen LogP contribution >= 0.6 is 0 Å². The zero-order valence-electron chi connectivity index (χ0n) is 10.4. The monoisotopic (exact) mass is 214 g/mol. The molecule has 0 radical (unpaired) electrons. The fourth-order valence-corrected chi connectivity index (χ4v) is 1.68. The van der Waals surface area contributed by atoms with E-state index in [2.05, 4.69) is 48.7 Å². The van der Waals surface area contributed by atoms with Gasteiger partial charge in [-0.05, 0) is 19.1 Å². The smallest absolute Gasteiger partial charge is 0.110 e. The first-order chi connectivity index (χ1) is 7.48. The van der Waals surface area contributed by atoms with Crippen LogP contribution in [-0.4, -0.2) is 9.55 Å². The Morgan fingerprint density at radius 2 is 1.69 bits per heavy atom.